The molecule has 1 aromatic carbocycles. The first kappa shape index (κ1) is 23.3. The predicted molar refractivity (Wildman–Crippen MR) is 104 cm³/mol. The lowest BCUT2D eigenvalue weighted by Crippen LogP contribution is -2.17. The first-order valence-electron chi connectivity index (χ1n) is 8.52. The first-order valence-corrected chi connectivity index (χ1v) is 8.52. The summed E-state index contributed by atoms with van der Waals surface area (Å²) in [6.07, 6.45) is 6.57. The molecule has 0 N–H and O–H groups in total. The fraction of sp³-hybridized carbons (Fsp3) is 0.524. The van der Waals surface area contributed by atoms with E-state index in [9.17, 15) is 4.79 Å². The van der Waals surface area contributed by atoms with E-state index in [1.54, 1.807) is 6.92 Å². The van der Waals surface area contributed by atoms with Gasteiger partial charge in [-0.25, -0.2) is 4.79 Å². The van der Waals surface area contributed by atoms with Crippen LogP contribution in [-0.4, -0.2) is 13.0 Å². The average Bonchev–Trinajstić information content (AvgIpc) is 2.62. The monoisotopic (exact) mass is 315 g/mol. The van der Waals surface area contributed by atoms with Gasteiger partial charge in [-0.05, 0) is 49.4 Å². The quantitative estimate of drug-likeness (QED) is 0.523. The van der Waals surface area contributed by atoms with E-state index < -0.39 is 0 Å². The highest BCUT2D eigenvalue weighted by atomic mass is 16.1. The third-order valence-electron chi connectivity index (χ3n) is 3.68. The highest BCUT2D eigenvalue weighted by Gasteiger charge is 2.16. The van der Waals surface area contributed by atoms with Gasteiger partial charge in [0.25, 0.3) is 0 Å². The number of aryl methyl sites for hydroxylation is 1. The van der Waals surface area contributed by atoms with Gasteiger partial charge < -0.3 is 4.90 Å². The van der Waals surface area contributed by atoms with Gasteiger partial charge in [-0.1, -0.05) is 47.5 Å². The van der Waals surface area contributed by atoms with E-state index in [0.717, 1.165) is 23.2 Å². The second-order valence-electron chi connectivity index (χ2n) is 4.93. The zero-order valence-electron chi connectivity index (χ0n) is 16.4. The van der Waals surface area contributed by atoms with Gasteiger partial charge in [-0.2, -0.15) is 0 Å². The van der Waals surface area contributed by atoms with Gasteiger partial charge in [0.15, 0.2) is 0 Å². The molecule has 23 heavy (non-hydrogen) atoms. The molecule has 0 fully saturated rings. The maximum absolute atomic E-state index is 10.8. The van der Waals surface area contributed by atoms with Crippen LogP contribution in [0.4, 0.5) is 5.69 Å². The number of carbonyl (C=O) groups excluding carboxylic acids is 1. The summed E-state index contributed by atoms with van der Waals surface area (Å²) in [5.74, 6) is 5.06. The van der Waals surface area contributed by atoms with E-state index >= 15 is 0 Å². The number of anilines is 1. The molecular formula is C21H33NO. The smallest absolute Gasteiger partial charge is 0.145 e. The third kappa shape index (κ3) is 6.35. The molecule has 0 heterocycles. The van der Waals surface area contributed by atoms with Crippen molar-refractivity contribution in [1.29, 1.82) is 0 Å². The van der Waals surface area contributed by atoms with Crippen molar-refractivity contribution in [2.45, 2.75) is 67.7 Å². The minimum atomic E-state index is 0.393. The van der Waals surface area contributed by atoms with Crippen LogP contribution < -0.4 is 4.90 Å². The highest BCUT2D eigenvalue weighted by molar-refractivity contribution is 5.68. The zero-order valence-corrected chi connectivity index (χ0v) is 16.4. The van der Waals surface area contributed by atoms with Gasteiger partial charge in [-0.3, -0.25) is 0 Å². The molecule has 1 rings (SSSR count). The van der Waals surface area contributed by atoms with Crippen molar-refractivity contribution in [3.05, 3.63) is 34.5 Å². The lowest BCUT2D eigenvalue weighted by molar-refractivity contribution is 0.566. The van der Waals surface area contributed by atoms with Crippen LogP contribution in [0.25, 0.3) is 0 Å². The normalized spacial score (nSPS) is 9.91. The SMILES string of the molecule is C#Cc1cc(C(C)CC)c(N(C)C(C)=C=O)cc1C.CC.CC. The molecule has 0 aliphatic heterocycles. The van der Waals surface area contributed by atoms with E-state index in [0.29, 0.717) is 11.6 Å². The summed E-state index contributed by atoms with van der Waals surface area (Å²) in [5.41, 5.74) is 4.75. The van der Waals surface area contributed by atoms with Crippen molar-refractivity contribution in [3.63, 3.8) is 0 Å². The van der Waals surface area contributed by atoms with Gasteiger partial charge in [0.05, 0.1) is 5.70 Å². The molecule has 0 saturated heterocycles. The molecule has 1 aromatic rings. The van der Waals surface area contributed by atoms with Gasteiger partial charge in [-0.15, -0.1) is 6.42 Å². The third-order valence-corrected chi connectivity index (χ3v) is 3.68. The summed E-state index contributed by atoms with van der Waals surface area (Å²) in [5, 5.41) is 0. The van der Waals surface area contributed by atoms with Crippen molar-refractivity contribution < 1.29 is 4.79 Å². The van der Waals surface area contributed by atoms with Gasteiger partial charge in [0, 0.05) is 18.3 Å². The Morgan fingerprint density at radius 2 is 1.78 bits per heavy atom. The van der Waals surface area contributed by atoms with Crippen LogP contribution in [0.2, 0.25) is 0 Å². The Balaban J connectivity index is 0. The number of rotatable bonds is 4. The lowest BCUT2D eigenvalue weighted by Gasteiger charge is -2.25. The average molecular weight is 316 g/mol. The van der Waals surface area contributed by atoms with E-state index in [4.69, 9.17) is 6.42 Å². The Labute approximate surface area is 143 Å². The van der Waals surface area contributed by atoms with Gasteiger partial charge >= 0.3 is 0 Å². The van der Waals surface area contributed by atoms with Gasteiger partial charge in [0.2, 0.25) is 0 Å². The molecule has 128 valence electrons. The number of benzene rings is 1. The molecule has 0 aliphatic carbocycles. The van der Waals surface area contributed by atoms with Crippen molar-refractivity contribution in [2.24, 2.45) is 0 Å². The second-order valence-corrected chi connectivity index (χ2v) is 4.93. The van der Waals surface area contributed by atoms with E-state index in [-0.39, 0.29) is 0 Å². The molecule has 0 spiro atoms. The molecule has 0 saturated carbocycles. The minimum Gasteiger partial charge on any atom is -0.339 e. The largest absolute Gasteiger partial charge is 0.339 e. The molecule has 1 unspecified atom stereocenters. The molecule has 2 nitrogen and oxygen atoms in total. The highest BCUT2D eigenvalue weighted by Crippen LogP contribution is 2.32. The van der Waals surface area contributed by atoms with Crippen LogP contribution >= 0.6 is 0 Å². The van der Waals surface area contributed by atoms with Crippen LogP contribution in [0, 0.1) is 19.3 Å². The Hall–Kier alpha value is -1.97. The maximum Gasteiger partial charge on any atom is 0.145 e. The molecule has 0 radical (unpaired) electrons. The summed E-state index contributed by atoms with van der Waals surface area (Å²) < 4.78 is 0. The van der Waals surface area contributed by atoms with Crippen LogP contribution in [0.1, 0.15) is 77.5 Å². The van der Waals surface area contributed by atoms with Crippen molar-refractivity contribution >= 4 is 11.6 Å². The maximum atomic E-state index is 10.8. The Bertz CT molecular complexity index is 560. The standard InChI is InChI=1S/C17H21NO.2C2H6/c1-7-12(3)16-10-15(8-2)13(4)9-17(16)18(6)14(5)11-19;2*1-2/h2,9-10,12H,7H2,1,3-6H3;2*1-2H3. The van der Waals surface area contributed by atoms with E-state index in [2.05, 4.69) is 31.9 Å². The molecule has 0 amide bonds. The number of terminal acetylenes is 1. The van der Waals surface area contributed by atoms with E-state index in [1.807, 2.05) is 52.5 Å². The summed E-state index contributed by atoms with van der Waals surface area (Å²) >= 11 is 0. The lowest BCUT2D eigenvalue weighted by atomic mass is 9.92. The predicted octanol–water partition coefficient (Wildman–Crippen LogP) is 5.71. The Morgan fingerprint density at radius 3 is 2.17 bits per heavy atom. The fourth-order valence-electron chi connectivity index (χ4n) is 2.02. The van der Waals surface area contributed by atoms with Crippen LogP contribution in [0.3, 0.4) is 0 Å². The second kappa shape index (κ2) is 12.6. The van der Waals surface area contributed by atoms with Crippen molar-refractivity contribution in [2.75, 3.05) is 11.9 Å². The first-order chi connectivity index (χ1) is 11.0. The number of nitrogens with zero attached hydrogens (tertiary/aromatic N) is 1. The van der Waals surface area contributed by atoms with Crippen LogP contribution in [-0.2, 0) is 4.79 Å². The summed E-state index contributed by atoms with van der Waals surface area (Å²) in [7, 11) is 1.89. The summed E-state index contributed by atoms with van der Waals surface area (Å²) in [4.78, 5) is 12.7. The fourth-order valence-corrected chi connectivity index (χ4v) is 2.02. The van der Waals surface area contributed by atoms with Crippen LogP contribution in [0.5, 0.6) is 0 Å². The Kier molecular flexibility index (Phi) is 12.7. The zero-order chi connectivity index (χ0) is 18.6. The Morgan fingerprint density at radius 1 is 1.26 bits per heavy atom. The molecule has 0 bridgehead atoms. The molecular weight excluding hydrogens is 282 g/mol. The number of hydrogen-bond acceptors (Lipinski definition) is 2. The number of allylic oxidation sites excluding steroid dienone is 1. The summed E-state index contributed by atoms with van der Waals surface area (Å²) in [6.45, 7) is 16.1. The molecule has 2 heteroatoms. The van der Waals surface area contributed by atoms with Gasteiger partial charge in [0.1, 0.15) is 5.94 Å². The van der Waals surface area contributed by atoms with Crippen molar-refractivity contribution in [3.8, 4) is 12.3 Å². The molecule has 0 aromatic heterocycles. The molecule has 1 atom stereocenters. The number of hydrogen-bond donors (Lipinski definition) is 0. The molecule has 0 aliphatic rings. The summed E-state index contributed by atoms with van der Waals surface area (Å²) in [6, 6.07) is 4.12. The minimum absolute atomic E-state index is 0.393. The van der Waals surface area contributed by atoms with Crippen LogP contribution in [0.15, 0.2) is 17.8 Å². The topological polar surface area (TPSA) is 20.3 Å². The van der Waals surface area contributed by atoms with Crippen molar-refractivity contribution in [1.82, 2.24) is 0 Å². The van der Waals surface area contributed by atoms with E-state index in [1.165, 1.54) is 5.56 Å².